The average Bonchev–Trinajstić information content (AvgIpc) is 3.21. The summed E-state index contributed by atoms with van der Waals surface area (Å²) in [5, 5.41) is 2.39. The van der Waals surface area contributed by atoms with Crippen LogP contribution in [0.2, 0.25) is 0 Å². The smallest absolute Gasteiger partial charge is 0.159 e. The van der Waals surface area contributed by atoms with Crippen LogP contribution in [0, 0.1) is 12.3 Å². The Morgan fingerprint density at radius 3 is 2.33 bits per heavy atom. The van der Waals surface area contributed by atoms with E-state index in [1.54, 1.807) is 0 Å². The highest BCUT2D eigenvalue weighted by atomic mass is 16.3. The number of furan rings is 1. The van der Waals surface area contributed by atoms with Crippen LogP contribution in [-0.2, 0) is 5.41 Å². The zero-order chi connectivity index (χ0) is 21.0. The zero-order valence-electron chi connectivity index (χ0n) is 18.6. The molecule has 1 unspecified atom stereocenters. The predicted octanol–water partition coefficient (Wildman–Crippen LogP) is 7.13. The number of benzene rings is 3. The largest absolute Gasteiger partial charge is 0.454 e. The van der Waals surface area contributed by atoms with Gasteiger partial charge in [0.1, 0.15) is 11.7 Å². The number of aryl methyl sites for hydroxylation is 1. The number of para-hydroxylation sites is 2. The second-order valence-electron chi connectivity index (χ2n) is 10.1. The van der Waals surface area contributed by atoms with E-state index in [1.165, 1.54) is 39.0 Å². The molecule has 0 spiro atoms. The van der Waals surface area contributed by atoms with Gasteiger partial charge in [0.25, 0.3) is 0 Å². The molecule has 152 valence electrons. The Morgan fingerprint density at radius 2 is 1.57 bits per heavy atom. The summed E-state index contributed by atoms with van der Waals surface area (Å²) in [5.41, 5.74) is 8.32. The normalized spacial score (nSPS) is 21.1. The molecule has 3 heterocycles. The molecular formula is C27H28N2O. The first kappa shape index (κ1) is 17.9. The minimum Gasteiger partial charge on any atom is -0.454 e. The lowest BCUT2D eigenvalue weighted by atomic mass is 9.59. The topological polar surface area (TPSA) is 19.6 Å². The summed E-state index contributed by atoms with van der Waals surface area (Å²) in [6.45, 7) is 11.7. The molecule has 0 amide bonds. The number of nitrogens with zero attached hydrogens (tertiary/aromatic N) is 2. The van der Waals surface area contributed by atoms with Crippen LogP contribution in [0.4, 0.5) is 17.1 Å². The van der Waals surface area contributed by atoms with Gasteiger partial charge in [0.15, 0.2) is 5.58 Å². The van der Waals surface area contributed by atoms with Crippen LogP contribution < -0.4 is 9.80 Å². The van der Waals surface area contributed by atoms with Gasteiger partial charge in [-0.2, -0.15) is 0 Å². The van der Waals surface area contributed by atoms with Gasteiger partial charge in [-0.1, -0.05) is 64.1 Å². The van der Waals surface area contributed by atoms with Crippen LogP contribution in [0.25, 0.3) is 21.9 Å². The third-order valence-electron chi connectivity index (χ3n) is 8.07. The van der Waals surface area contributed by atoms with Crippen LogP contribution in [0.1, 0.15) is 38.8 Å². The third kappa shape index (κ3) is 1.91. The molecule has 6 rings (SSSR count). The van der Waals surface area contributed by atoms with Crippen LogP contribution in [0.5, 0.6) is 0 Å². The summed E-state index contributed by atoms with van der Waals surface area (Å²) in [6, 6.07) is 19.9. The number of hydrogen-bond donors (Lipinski definition) is 0. The lowest BCUT2D eigenvalue weighted by Gasteiger charge is -2.56. The van der Waals surface area contributed by atoms with Crippen molar-refractivity contribution in [2.75, 3.05) is 16.8 Å². The maximum absolute atomic E-state index is 6.59. The van der Waals surface area contributed by atoms with Crippen molar-refractivity contribution in [1.29, 1.82) is 0 Å². The fraction of sp³-hybridized carbons (Fsp3) is 0.333. The molecule has 30 heavy (non-hydrogen) atoms. The van der Waals surface area contributed by atoms with Crippen LogP contribution in [0.15, 0.2) is 59.0 Å². The minimum atomic E-state index is -0.0249. The van der Waals surface area contributed by atoms with Crippen molar-refractivity contribution >= 4 is 39.0 Å². The Kier molecular flexibility index (Phi) is 3.22. The molecule has 1 aromatic heterocycles. The molecule has 2 aliphatic rings. The summed E-state index contributed by atoms with van der Waals surface area (Å²) in [4.78, 5) is 4.99. The van der Waals surface area contributed by atoms with Crippen molar-refractivity contribution in [3.63, 3.8) is 0 Å². The lowest BCUT2D eigenvalue weighted by Crippen LogP contribution is -2.60. The fourth-order valence-corrected chi connectivity index (χ4v) is 5.80. The quantitative estimate of drug-likeness (QED) is 0.315. The van der Waals surface area contributed by atoms with Gasteiger partial charge in [-0.25, -0.2) is 0 Å². The second-order valence-corrected chi connectivity index (χ2v) is 10.1. The van der Waals surface area contributed by atoms with Gasteiger partial charge < -0.3 is 14.2 Å². The van der Waals surface area contributed by atoms with Gasteiger partial charge in [0.2, 0.25) is 0 Å². The van der Waals surface area contributed by atoms with Gasteiger partial charge in [-0.3, -0.25) is 0 Å². The van der Waals surface area contributed by atoms with Gasteiger partial charge in [-0.05, 0) is 36.2 Å². The summed E-state index contributed by atoms with van der Waals surface area (Å²) < 4.78 is 6.59. The highest BCUT2D eigenvalue weighted by Crippen LogP contribution is 2.62. The molecule has 2 aliphatic heterocycles. The molecule has 0 N–H and O–H groups in total. The molecule has 0 saturated carbocycles. The van der Waals surface area contributed by atoms with Gasteiger partial charge in [0, 0.05) is 28.7 Å². The predicted molar refractivity (Wildman–Crippen MR) is 126 cm³/mol. The van der Waals surface area contributed by atoms with Crippen molar-refractivity contribution < 1.29 is 4.42 Å². The van der Waals surface area contributed by atoms with E-state index in [0.29, 0.717) is 0 Å². The monoisotopic (exact) mass is 396 g/mol. The van der Waals surface area contributed by atoms with Crippen molar-refractivity contribution in [3.8, 4) is 0 Å². The number of rotatable bonds is 0. The minimum absolute atomic E-state index is 0.0179. The van der Waals surface area contributed by atoms with E-state index >= 15 is 0 Å². The lowest BCUT2D eigenvalue weighted by molar-refractivity contribution is 0.143. The SMILES string of the molecule is Cc1ccc2c(c1)oc1c3c(ccc12)C(C)(C)C(C)(C)C1N(C)c2ccccc2N31. The van der Waals surface area contributed by atoms with Crippen LogP contribution >= 0.6 is 0 Å². The maximum Gasteiger partial charge on any atom is 0.159 e. The van der Waals surface area contributed by atoms with Crippen molar-refractivity contribution in [2.45, 2.75) is 46.2 Å². The Balaban J connectivity index is 1.78. The number of anilines is 3. The molecule has 0 aliphatic carbocycles. The maximum atomic E-state index is 6.59. The van der Waals surface area contributed by atoms with Crippen LogP contribution in [0.3, 0.4) is 0 Å². The Labute approximate surface area is 177 Å². The third-order valence-corrected chi connectivity index (χ3v) is 8.07. The standard InChI is InChI=1S/C27H28N2O/c1-16-11-12-17-18-13-14-19-23(24(18)30-22(17)15-16)29-21-10-8-7-9-20(21)28(6)25(29)27(4,5)26(19,2)3/h7-15,25H,1-6H3. The summed E-state index contributed by atoms with van der Waals surface area (Å²) >= 11 is 0. The van der Waals surface area contributed by atoms with E-state index in [2.05, 4.69) is 106 Å². The van der Waals surface area contributed by atoms with E-state index in [1.807, 2.05) is 0 Å². The molecule has 3 aromatic carbocycles. The molecule has 3 heteroatoms. The Morgan fingerprint density at radius 1 is 0.867 bits per heavy atom. The Hall–Kier alpha value is -2.94. The van der Waals surface area contributed by atoms with Crippen LogP contribution in [-0.4, -0.2) is 13.2 Å². The first-order valence-corrected chi connectivity index (χ1v) is 10.8. The fourth-order valence-electron chi connectivity index (χ4n) is 5.80. The summed E-state index contributed by atoms with van der Waals surface area (Å²) in [5.74, 6) is 0. The van der Waals surface area contributed by atoms with Gasteiger partial charge in [0.05, 0.1) is 17.1 Å². The molecule has 0 bridgehead atoms. The van der Waals surface area contributed by atoms with E-state index in [9.17, 15) is 0 Å². The van der Waals surface area contributed by atoms with Gasteiger partial charge >= 0.3 is 0 Å². The van der Waals surface area contributed by atoms with Crippen molar-refractivity contribution in [2.24, 2.45) is 5.41 Å². The van der Waals surface area contributed by atoms with E-state index in [-0.39, 0.29) is 17.0 Å². The molecule has 0 saturated heterocycles. The summed E-state index contributed by atoms with van der Waals surface area (Å²) in [6.07, 6.45) is 0.220. The second kappa shape index (κ2) is 5.40. The molecule has 0 fully saturated rings. The van der Waals surface area contributed by atoms with E-state index in [4.69, 9.17) is 4.42 Å². The van der Waals surface area contributed by atoms with Crippen molar-refractivity contribution in [3.05, 3.63) is 65.7 Å². The molecule has 3 nitrogen and oxygen atoms in total. The zero-order valence-corrected chi connectivity index (χ0v) is 18.6. The van der Waals surface area contributed by atoms with E-state index < -0.39 is 0 Å². The molecule has 4 aromatic rings. The highest BCUT2D eigenvalue weighted by Gasteiger charge is 2.57. The first-order chi connectivity index (χ1) is 14.2. The van der Waals surface area contributed by atoms with Gasteiger partial charge in [-0.15, -0.1) is 0 Å². The summed E-state index contributed by atoms with van der Waals surface area (Å²) in [7, 11) is 2.23. The van der Waals surface area contributed by atoms with E-state index in [0.717, 1.165) is 11.2 Å². The number of fused-ring (bicyclic) bond motifs is 9. The Bertz CT molecular complexity index is 1340. The van der Waals surface area contributed by atoms with Crippen molar-refractivity contribution in [1.82, 2.24) is 0 Å². The molecular weight excluding hydrogens is 368 g/mol. The first-order valence-electron chi connectivity index (χ1n) is 10.8. The molecule has 1 atom stereocenters. The average molecular weight is 397 g/mol. The number of hydrogen-bond acceptors (Lipinski definition) is 3. The highest BCUT2D eigenvalue weighted by molar-refractivity contribution is 6.11. The molecule has 0 radical (unpaired) electrons.